The van der Waals surface area contributed by atoms with E-state index in [4.69, 9.17) is 0 Å². The molecule has 2 rings (SSSR count). The van der Waals surface area contributed by atoms with Gasteiger partial charge in [0.1, 0.15) is 0 Å². The van der Waals surface area contributed by atoms with E-state index < -0.39 is 4.92 Å². The smallest absolute Gasteiger partial charge is 0.269 e. The van der Waals surface area contributed by atoms with Gasteiger partial charge in [0.2, 0.25) is 0 Å². The lowest BCUT2D eigenvalue weighted by molar-refractivity contribution is -0.384. The molecule has 0 aliphatic heterocycles. The van der Waals surface area contributed by atoms with Gasteiger partial charge < -0.3 is 5.73 Å². The summed E-state index contributed by atoms with van der Waals surface area (Å²) in [4.78, 5) is 10.1. The van der Waals surface area contributed by atoms with E-state index in [0.29, 0.717) is 0 Å². The maximum Gasteiger partial charge on any atom is 0.269 e. The number of nitro benzene ring substituents is 1. The van der Waals surface area contributed by atoms with Crippen LogP contribution in [0.3, 0.4) is 0 Å². The van der Waals surface area contributed by atoms with Crippen LogP contribution >= 0.6 is 0 Å². The minimum Gasteiger partial charge on any atom is -0.333 e. The van der Waals surface area contributed by atoms with Crippen LogP contribution in [0.25, 0.3) is 11.1 Å². The van der Waals surface area contributed by atoms with E-state index in [2.05, 4.69) is 5.73 Å². The van der Waals surface area contributed by atoms with Gasteiger partial charge in [-0.1, -0.05) is 30.3 Å². The summed E-state index contributed by atoms with van der Waals surface area (Å²) >= 11 is 0. The molecule has 0 fully saturated rings. The molecule has 4 nitrogen and oxygen atoms in total. The Bertz CT molecular complexity index is 467. The lowest BCUT2D eigenvalue weighted by atomic mass is 10.1. The first-order valence-corrected chi connectivity index (χ1v) is 5.15. The zero-order chi connectivity index (χ0) is 12.7. The predicted octanol–water partition coefficient (Wildman–Crippen LogP) is 2.84. The summed E-state index contributed by atoms with van der Waals surface area (Å²) in [5.41, 5.74) is 6.67. The standard InChI is InChI=1S/C12H9NO2.CH5N/c14-13(15)12-8-6-11(7-9-12)10-4-2-1-3-5-10;1-2/h1-9H;2H2,1H3. The van der Waals surface area contributed by atoms with E-state index in [1.54, 1.807) is 12.1 Å². The number of rotatable bonds is 2. The molecule has 0 saturated heterocycles. The topological polar surface area (TPSA) is 69.2 Å². The summed E-state index contributed by atoms with van der Waals surface area (Å²) in [5, 5.41) is 10.5. The van der Waals surface area contributed by atoms with Gasteiger partial charge in [0.15, 0.2) is 0 Å². The van der Waals surface area contributed by atoms with E-state index >= 15 is 0 Å². The molecule has 0 aliphatic carbocycles. The van der Waals surface area contributed by atoms with Gasteiger partial charge in [-0.3, -0.25) is 10.1 Å². The Hall–Kier alpha value is -2.20. The van der Waals surface area contributed by atoms with Crippen molar-refractivity contribution in [1.82, 2.24) is 0 Å². The molecule has 0 bridgehead atoms. The van der Waals surface area contributed by atoms with Crippen molar-refractivity contribution in [2.24, 2.45) is 5.73 Å². The summed E-state index contributed by atoms with van der Waals surface area (Å²) in [6.45, 7) is 0. The van der Waals surface area contributed by atoms with Gasteiger partial charge in [-0.15, -0.1) is 0 Å². The normalized spacial score (nSPS) is 9.06. The zero-order valence-electron chi connectivity index (χ0n) is 9.54. The van der Waals surface area contributed by atoms with Crippen molar-refractivity contribution < 1.29 is 4.92 Å². The fraction of sp³-hybridized carbons (Fsp3) is 0.0769. The van der Waals surface area contributed by atoms with Crippen molar-refractivity contribution in [3.63, 3.8) is 0 Å². The molecule has 4 heteroatoms. The summed E-state index contributed by atoms with van der Waals surface area (Å²) in [7, 11) is 1.50. The highest BCUT2D eigenvalue weighted by atomic mass is 16.6. The SMILES string of the molecule is CN.O=[N+]([O-])c1ccc(-c2ccccc2)cc1. The Morgan fingerprint density at radius 1 is 0.882 bits per heavy atom. The fourth-order valence-electron chi connectivity index (χ4n) is 1.41. The lowest BCUT2D eigenvalue weighted by Crippen LogP contribution is -1.86. The predicted molar refractivity (Wildman–Crippen MR) is 68.6 cm³/mol. The molecule has 0 spiro atoms. The first-order chi connectivity index (χ1) is 8.27. The molecule has 2 N–H and O–H groups in total. The summed E-state index contributed by atoms with van der Waals surface area (Å²) in [5.74, 6) is 0. The quantitative estimate of drug-likeness (QED) is 0.637. The lowest BCUT2D eigenvalue weighted by Gasteiger charge is -1.99. The molecular weight excluding hydrogens is 216 g/mol. The average molecular weight is 230 g/mol. The van der Waals surface area contributed by atoms with E-state index in [-0.39, 0.29) is 5.69 Å². The van der Waals surface area contributed by atoms with E-state index in [9.17, 15) is 10.1 Å². The molecule has 0 heterocycles. The number of non-ortho nitro benzene ring substituents is 1. The Morgan fingerprint density at radius 3 is 1.82 bits per heavy atom. The molecule has 0 aliphatic rings. The second-order valence-corrected chi connectivity index (χ2v) is 3.17. The highest BCUT2D eigenvalue weighted by Crippen LogP contribution is 2.21. The van der Waals surface area contributed by atoms with E-state index in [1.807, 2.05) is 30.3 Å². The maximum absolute atomic E-state index is 10.5. The molecule has 2 aromatic carbocycles. The molecule has 0 atom stereocenters. The monoisotopic (exact) mass is 230 g/mol. The molecular formula is C13H14N2O2. The third kappa shape index (κ3) is 3.39. The van der Waals surface area contributed by atoms with E-state index in [1.165, 1.54) is 19.2 Å². The number of hydrogen-bond acceptors (Lipinski definition) is 3. The van der Waals surface area contributed by atoms with Crippen LogP contribution in [0.2, 0.25) is 0 Å². The fourth-order valence-corrected chi connectivity index (χ4v) is 1.41. The largest absolute Gasteiger partial charge is 0.333 e. The molecule has 0 radical (unpaired) electrons. The summed E-state index contributed by atoms with van der Waals surface area (Å²) in [6.07, 6.45) is 0. The van der Waals surface area contributed by atoms with Crippen molar-refractivity contribution in [2.75, 3.05) is 7.05 Å². The van der Waals surface area contributed by atoms with Gasteiger partial charge in [-0.25, -0.2) is 0 Å². The number of nitrogens with zero attached hydrogens (tertiary/aromatic N) is 1. The van der Waals surface area contributed by atoms with Gasteiger partial charge in [0.05, 0.1) is 4.92 Å². The average Bonchev–Trinajstić information content (AvgIpc) is 2.42. The molecule has 0 saturated carbocycles. The first kappa shape index (κ1) is 12.9. The molecule has 88 valence electrons. The third-order valence-electron chi connectivity index (χ3n) is 2.19. The van der Waals surface area contributed by atoms with E-state index in [0.717, 1.165) is 11.1 Å². The van der Waals surface area contributed by atoms with Crippen molar-refractivity contribution in [1.29, 1.82) is 0 Å². The maximum atomic E-state index is 10.5. The van der Waals surface area contributed by atoms with Crippen molar-refractivity contribution in [3.05, 3.63) is 64.7 Å². The van der Waals surface area contributed by atoms with Crippen LogP contribution in [0.5, 0.6) is 0 Å². The van der Waals surface area contributed by atoms with Crippen molar-refractivity contribution in [3.8, 4) is 11.1 Å². The third-order valence-corrected chi connectivity index (χ3v) is 2.19. The van der Waals surface area contributed by atoms with Crippen LogP contribution in [0.1, 0.15) is 0 Å². The molecule has 0 aromatic heterocycles. The van der Waals surface area contributed by atoms with Crippen LogP contribution in [-0.4, -0.2) is 12.0 Å². The minimum absolute atomic E-state index is 0.120. The van der Waals surface area contributed by atoms with Crippen LogP contribution in [0.4, 0.5) is 5.69 Å². The van der Waals surface area contributed by atoms with Crippen LogP contribution in [0, 0.1) is 10.1 Å². The Morgan fingerprint density at radius 2 is 1.35 bits per heavy atom. The molecule has 0 amide bonds. The molecule has 17 heavy (non-hydrogen) atoms. The summed E-state index contributed by atoms with van der Waals surface area (Å²) in [6, 6.07) is 16.3. The van der Waals surface area contributed by atoms with Crippen LogP contribution < -0.4 is 5.73 Å². The first-order valence-electron chi connectivity index (χ1n) is 5.15. The number of nitrogens with two attached hydrogens (primary N) is 1. The van der Waals surface area contributed by atoms with Gasteiger partial charge in [0, 0.05) is 12.1 Å². The number of hydrogen-bond donors (Lipinski definition) is 1. The highest BCUT2D eigenvalue weighted by molar-refractivity contribution is 5.64. The Kier molecular flexibility index (Phi) is 4.84. The van der Waals surface area contributed by atoms with Crippen molar-refractivity contribution in [2.45, 2.75) is 0 Å². The second kappa shape index (κ2) is 6.40. The van der Waals surface area contributed by atoms with Gasteiger partial charge in [-0.2, -0.15) is 0 Å². The van der Waals surface area contributed by atoms with Gasteiger partial charge >= 0.3 is 0 Å². The van der Waals surface area contributed by atoms with Crippen molar-refractivity contribution >= 4 is 5.69 Å². The zero-order valence-corrected chi connectivity index (χ0v) is 9.54. The second-order valence-electron chi connectivity index (χ2n) is 3.17. The minimum atomic E-state index is -0.394. The highest BCUT2D eigenvalue weighted by Gasteiger charge is 2.04. The Labute approximate surface area is 99.9 Å². The Balaban J connectivity index is 0.000000686. The van der Waals surface area contributed by atoms with Gasteiger partial charge in [0.25, 0.3) is 5.69 Å². The van der Waals surface area contributed by atoms with Gasteiger partial charge in [-0.05, 0) is 30.3 Å². The molecule has 2 aromatic rings. The van der Waals surface area contributed by atoms with Crippen LogP contribution in [-0.2, 0) is 0 Å². The molecule has 0 unspecified atom stereocenters. The summed E-state index contributed by atoms with van der Waals surface area (Å²) < 4.78 is 0. The number of nitro groups is 1. The van der Waals surface area contributed by atoms with Crippen LogP contribution in [0.15, 0.2) is 54.6 Å². The number of benzene rings is 2.